The van der Waals surface area contributed by atoms with E-state index in [1.54, 1.807) is 18.2 Å². The van der Waals surface area contributed by atoms with E-state index in [9.17, 15) is 9.59 Å². The minimum absolute atomic E-state index is 0.225. The molecule has 6 heteroatoms. The van der Waals surface area contributed by atoms with E-state index in [2.05, 4.69) is 4.98 Å². The molecule has 0 radical (unpaired) electrons. The molecule has 1 aromatic heterocycles. The van der Waals surface area contributed by atoms with Crippen molar-refractivity contribution in [2.45, 2.75) is 6.54 Å². The van der Waals surface area contributed by atoms with Crippen LogP contribution < -0.4 is 11.2 Å². The molecule has 0 aliphatic carbocycles. The number of nitrogens with zero attached hydrogens (tertiary/aromatic N) is 1. The molecule has 0 amide bonds. The first-order valence-corrected chi connectivity index (χ1v) is 5.42. The zero-order valence-electron chi connectivity index (χ0n) is 9.20. The van der Waals surface area contributed by atoms with Gasteiger partial charge in [-0.25, -0.2) is 4.79 Å². The van der Waals surface area contributed by atoms with Crippen LogP contribution in [0.25, 0.3) is 10.9 Å². The van der Waals surface area contributed by atoms with Crippen molar-refractivity contribution in [1.29, 1.82) is 0 Å². The molecule has 0 fully saturated rings. The largest absolute Gasteiger partial charge is 0.383 e. The third-order valence-corrected chi connectivity index (χ3v) is 2.70. The Morgan fingerprint density at radius 3 is 2.88 bits per heavy atom. The van der Waals surface area contributed by atoms with Gasteiger partial charge < -0.3 is 9.72 Å². The summed E-state index contributed by atoms with van der Waals surface area (Å²) in [4.78, 5) is 26.3. The Hall–Kier alpha value is -1.59. The third-order valence-electron chi connectivity index (χ3n) is 2.46. The van der Waals surface area contributed by atoms with Crippen molar-refractivity contribution in [3.63, 3.8) is 0 Å². The molecule has 0 atom stereocenters. The number of hydrogen-bond acceptors (Lipinski definition) is 3. The molecule has 90 valence electrons. The first-order chi connectivity index (χ1) is 8.13. The van der Waals surface area contributed by atoms with E-state index in [1.807, 2.05) is 0 Å². The maximum atomic E-state index is 12.0. The van der Waals surface area contributed by atoms with Crippen molar-refractivity contribution in [3.05, 3.63) is 44.1 Å². The Labute approximate surface area is 102 Å². The number of methoxy groups -OCH3 is 1. The Balaban J connectivity index is 2.68. The van der Waals surface area contributed by atoms with Crippen LogP contribution in [-0.4, -0.2) is 23.3 Å². The van der Waals surface area contributed by atoms with E-state index in [4.69, 9.17) is 16.3 Å². The molecule has 0 aliphatic rings. The lowest BCUT2D eigenvalue weighted by atomic mass is 10.2. The SMILES string of the molecule is COCCn1c(=O)[nH]c2cc(Cl)ccc2c1=O. The Morgan fingerprint density at radius 2 is 2.18 bits per heavy atom. The fourth-order valence-corrected chi connectivity index (χ4v) is 1.78. The fourth-order valence-electron chi connectivity index (χ4n) is 1.61. The van der Waals surface area contributed by atoms with E-state index >= 15 is 0 Å². The standard InChI is InChI=1S/C11H11ClN2O3/c1-17-5-4-14-10(15)8-3-2-7(12)6-9(8)13-11(14)16/h2-3,6H,4-5H2,1H3,(H,13,16). The third kappa shape index (κ3) is 2.25. The molecule has 0 unspecified atom stereocenters. The van der Waals surface area contributed by atoms with Gasteiger partial charge in [0.1, 0.15) is 0 Å². The zero-order valence-corrected chi connectivity index (χ0v) is 9.95. The second-order valence-electron chi connectivity index (χ2n) is 3.57. The van der Waals surface area contributed by atoms with Gasteiger partial charge in [-0.3, -0.25) is 9.36 Å². The number of H-pyrrole nitrogens is 1. The summed E-state index contributed by atoms with van der Waals surface area (Å²) in [5, 5.41) is 0.910. The predicted octanol–water partition coefficient (Wildman–Crippen LogP) is 0.990. The number of benzene rings is 1. The van der Waals surface area contributed by atoms with Crippen LogP contribution >= 0.6 is 11.6 Å². The van der Waals surface area contributed by atoms with Crippen LogP contribution in [0.5, 0.6) is 0 Å². The number of fused-ring (bicyclic) bond motifs is 1. The quantitative estimate of drug-likeness (QED) is 0.888. The number of aromatic amines is 1. The van der Waals surface area contributed by atoms with Gasteiger partial charge in [0.05, 0.1) is 24.1 Å². The molecule has 2 aromatic rings. The van der Waals surface area contributed by atoms with Crippen molar-refractivity contribution in [2.75, 3.05) is 13.7 Å². The van der Waals surface area contributed by atoms with Crippen LogP contribution in [0.1, 0.15) is 0 Å². The Morgan fingerprint density at radius 1 is 1.41 bits per heavy atom. The average Bonchev–Trinajstić information content (AvgIpc) is 2.28. The molecule has 0 saturated heterocycles. The Bertz CT molecular complexity index is 660. The van der Waals surface area contributed by atoms with Crippen molar-refractivity contribution < 1.29 is 4.74 Å². The van der Waals surface area contributed by atoms with Gasteiger partial charge in [-0.15, -0.1) is 0 Å². The first kappa shape index (κ1) is 11.9. The van der Waals surface area contributed by atoms with E-state index in [0.29, 0.717) is 22.5 Å². The van der Waals surface area contributed by atoms with Crippen molar-refractivity contribution in [1.82, 2.24) is 9.55 Å². The highest BCUT2D eigenvalue weighted by Crippen LogP contribution is 2.13. The molecule has 0 bridgehead atoms. The smallest absolute Gasteiger partial charge is 0.328 e. The minimum atomic E-state index is -0.457. The topological polar surface area (TPSA) is 64.1 Å². The van der Waals surface area contributed by atoms with Crippen LogP contribution in [0.3, 0.4) is 0 Å². The molecule has 2 rings (SSSR count). The average molecular weight is 255 g/mol. The monoisotopic (exact) mass is 254 g/mol. The van der Waals surface area contributed by atoms with E-state index in [1.165, 1.54) is 7.11 Å². The lowest BCUT2D eigenvalue weighted by Gasteiger charge is -2.05. The van der Waals surface area contributed by atoms with Gasteiger partial charge in [-0.1, -0.05) is 11.6 Å². The summed E-state index contributed by atoms with van der Waals surface area (Å²) >= 11 is 5.80. The summed E-state index contributed by atoms with van der Waals surface area (Å²) in [6.45, 7) is 0.533. The molecular formula is C11H11ClN2O3. The molecule has 1 aromatic carbocycles. The van der Waals surface area contributed by atoms with Gasteiger partial charge in [0.25, 0.3) is 5.56 Å². The number of halogens is 1. The minimum Gasteiger partial charge on any atom is -0.383 e. The van der Waals surface area contributed by atoms with Gasteiger partial charge in [-0.2, -0.15) is 0 Å². The van der Waals surface area contributed by atoms with Crippen LogP contribution in [0.4, 0.5) is 0 Å². The highest BCUT2D eigenvalue weighted by Gasteiger charge is 2.07. The van der Waals surface area contributed by atoms with Gasteiger partial charge in [0.15, 0.2) is 0 Å². The number of hydrogen-bond donors (Lipinski definition) is 1. The number of nitrogens with one attached hydrogen (secondary N) is 1. The molecule has 1 N–H and O–H groups in total. The summed E-state index contributed by atoms with van der Waals surface area (Å²) < 4.78 is 5.96. The molecule has 0 saturated carbocycles. The molecule has 1 heterocycles. The summed E-state index contributed by atoms with van der Waals surface area (Å²) in [6.07, 6.45) is 0. The maximum absolute atomic E-state index is 12.0. The van der Waals surface area contributed by atoms with Crippen LogP contribution in [0, 0.1) is 0 Å². The normalized spacial score (nSPS) is 10.9. The van der Waals surface area contributed by atoms with Crippen molar-refractivity contribution >= 4 is 22.5 Å². The lowest BCUT2D eigenvalue weighted by Crippen LogP contribution is -2.36. The van der Waals surface area contributed by atoms with Crippen LogP contribution in [0.2, 0.25) is 5.02 Å². The fraction of sp³-hybridized carbons (Fsp3) is 0.273. The summed E-state index contributed by atoms with van der Waals surface area (Å²) in [5.41, 5.74) is -0.347. The molecule has 0 spiro atoms. The van der Waals surface area contributed by atoms with Crippen molar-refractivity contribution in [2.24, 2.45) is 0 Å². The van der Waals surface area contributed by atoms with Gasteiger partial charge in [0.2, 0.25) is 0 Å². The summed E-state index contributed by atoms with van der Waals surface area (Å²) in [5.74, 6) is 0. The van der Waals surface area contributed by atoms with Gasteiger partial charge in [-0.05, 0) is 18.2 Å². The van der Waals surface area contributed by atoms with E-state index in [0.717, 1.165) is 4.57 Å². The number of ether oxygens (including phenoxy) is 1. The molecule has 0 aliphatic heterocycles. The highest BCUT2D eigenvalue weighted by molar-refractivity contribution is 6.31. The van der Waals surface area contributed by atoms with Gasteiger partial charge >= 0.3 is 5.69 Å². The molecular weight excluding hydrogens is 244 g/mol. The zero-order chi connectivity index (χ0) is 12.4. The summed E-state index contributed by atoms with van der Waals surface area (Å²) in [7, 11) is 1.51. The maximum Gasteiger partial charge on any atom is 0.328 e. The number of aromatic nitrogens is 2. The molecule has 17 heavy (non-hydrogen) atoms. The predicted molar refractivity (Wildman–Crippen MR) is 65.7 cm³/mol. The second-order valence-corrected chi connectivity index (χ2v) is 4.01. The lowest BCUT2D eigenvalue weighted by molar-refractivity contribution is 0.185. The second kappa shape index (κ2) is 4.73. The van der Waals surface area contributed by atoms with E-state index < -0.39 is 5.69 Å². The van der Waals surface area contributed by atoms with Crippen LogP contribution in [-0.2, 0) is 11.3 Å². The molecule has 5 nitrogen and oxygen atoms in total. The van der Waals surface area contributed by atoms with Crippen LogP contribution in [0.15, 0.2) is 27.8 Å². The number of rotatable bonds is 3. The summed E-state index contributed by atoms with van der Waals surface area (Å²) in [6, 6.07) is 4.77. The van der Waals surface area contributed by atoms with Gasteiger partial charge in [0, 0.05) is 12.1 Å². The van der Waals surface area contributed by atoms with Crippen molar-refractivity contribution in [3.8, 4) is 0 Å². The highest BCUT2D eigenvalue weighted by atomic mass is 35.5. The Kier molecular flexibility index (Phi) is 3.31. The first-order valence-electron chi connectivity index (χ1n) is 5.05. The van der Waals surface area contributed by atoms with E-state index in [-0.39, 0.29) is 12.1 Å².